The summed E-state index contributed by atoms with van der Waals surface area (Å²) in [6, 6.07) is 0. The number of aliphatic hydroxyl groups excluding tert-OH is 1. The average Bonchev–Trinajstić information content (AvgIpc) is 2.97. The Balaban J connectivity index is 2.18. The summed E-state index contributed by atoms with van der Waals surface area (Å²) in [4.78, 5) is 22.6. The van der Waals surface area contributed by atoms with Crippen molar-refractivity contribution in [3.63, 3.8) is 0 Å². The van der Waals surface area contributed by atoms with Crippen LogP contribution >= 0.6 is 0 Å². The minimum Gasteiger partial charge on any atom is -0.481 e. The average molecular weight is 367 g/mol. The highest BCUT2D eigenvalue weighted by atomic mass is 16.4. The lowest BCUT2D eigenvalue weighted by atomic mass is 9.83. The lowest BCUT2D eigenvalue weighted by Crippen LogP contribution is -2.30. The first kappa shape index (κ1) is 22.9. The lowest BCUT2D eigenvalue weighted by molar-refractivity contribution is -0.137. The molecule has 0 radical (unpaired) electrons. The van der Waals surface area contributed by atoms with Crippen molar-refractivity contribution in [3.05, 3.63) is 12.2 Å². The molecule has 1 aliphatic rings. The highest BCUT2D eigenvalue weighted by molar-refractivity contribution is 5.95. The van der Waals surface area contributed by atoms with Gasteiger partial charge in [0.05, 0.1) is 12.0 Å². The fourth-order valence-corrected chi connectivity index (χ4v) is 3.91. The first-order chi connectivity index (χ1) is 12.6. The molecule has 3 atom stereocenters. The van der Waals surface area contributed by atoms with E-state index < -0.39 is 12.1 Å². The van der Waals surface area contributed by atoms with Crippen LogP contribution in [-0.2, 0) is 9.59 Å². The second-order valence-corrected chi connectivity index (χ2v) is 7.78. The molecule has 3 unspecified atom stereocenters. The van der Waals surface area contributed by atoms with Crippen molar-refractivity contribution in [2.45, 2.75) is 103 Å². The molecule has 0 saturated heterocycles. The highest BCUT2D eigenvalue weighted by Gasteiger charge is 2.34. The summed E-state index contributed by atoms with van der Waals surface area (Å²) in [6.07, 6.45) is 17.2. The number of carboxylic acid groups (broad SMARTS) is 1. The van der Waals surface area contributed by atoms with Gasteiger partial charge in [-0.05, 0) is 31.3 Å². The third kappa shape index (κ3) is 9.51. The Kier molecular flexibility index (Phi) is 12.3. The smallest absolute Gasteiger partial charge is 0.303 e. The zero-order valence-electron chi connectivity index (χ0n) is 16.5. The van der Waals surface area contributed by atoms with Crippen LogP contribution in [0.15, 0.2) is 12.2 Å². The summed E-state index contributed by atoms with van der Waals surface area (Å²) in [6.45, 7) is 2.23. The van der Waals surface area contributed by atoms with Gasteiger partial charge in [0.1, 0.15) is 0 Å². The molecule has 0 bridgehead atoms. The number of carboxylic acids is 1. The molecule has 0 aliphatic heterocycles. The van der Waals surface area contributed by atoms with E-state index in [-0.39, 0.29) is 24.0 Å². The first-order valence-corrected chi connectivity index (χ1v) is 10.7. The van der Waals surface area contributed by atoms with Crippen LogP contribution in [0.4, 0.5) is 0 Å². The second-order valence-electron chi connectivity index (χ2n) is 7.78. The molecular weight excluding hydrogens is 328 g/mol. The van der Waals surface area contributed by atoms with Crippen molar-refractivity contribution in [3.8, 4) is 0 Å². The molecule has 26 heavy (non-hydrogen) atoms. The Bertz CT molecular complexity index is 430. The molecule has 4 nitrogen and oxygen atoms in total. The van der Waals surface area contributed by atoms with Gasteiger partial charge in [-0.3, -0.25) is 9.59 Å². The van der Waals surface area contributed by atoms with Crippen LogP contribution in [-0.4, -0.2) is 28.1 Å². The highest BCUT2D eigenvalue weighted by Crippen LogP contribution is 2.32. The van der Waals surface area contributed by atoms with Crippen LogP contribution in [0.25, 0.3) is 0 Å². The summed E-state index contributed by atoms with van der Waals surface area (Å²) in [5.74, 6) is -0.811. The normalized spacial score (nSPS) is 20.6. The van der Waals surface area contributed by atoms with E-state index in [0.717, 1.165) is 25.7 Å². The number of carbonyl (C=O) groups is 2. The maximum atomic E-state index is 12.1. The molecule has 1 rings (SSSR count). The fraction of sp³-hybridized carbons (Fsp3) is 0.818. The van der Waals surface area contributed by atoms with Crippen molar-refractivity contribution in [2.75, 3.05) is 0 Å². The van der Waals surface area contributed by atoms with Crippen LogP contribution in [0.1, 0.15) is 96.8 Å². The molecular formula is C22H38O4. The number of unbranched alkanes of at least 4 members (excludes halogenated alkanes) is 9. The zero-order chi connectivity index (χ0) is 19.2. The largest absolute Gasteiger partial charge is 0.481 e. The monoisotopic (exact) mass is 366 g/mol. The van der Waals surface area contributed by atoms with Gasteiger partial charge in [-0.25, -0.2) is 0 Å². The van der Waals surface area contributed by atoms with Gasteiger partial charge in [-0.2, -0.15) is 0 Å². The Morgan fingerprint density at radius 1 is 1.00 bits per heavy atom. The number of ketones is 1. The molecule has 150 valence electrons. The molecule has 0 fully saturated rings. The van der Waals surface area contributed by atoms with E-state index in [9.17, 15) is 14.7 Å². The Morgan fingerprint density at radius 3 is 2.27 bits per heavy atom. The van der Waals surface area contributed by atoms with Crippen molar-refractivity contribution in [2.24, 2.45) is 11.8 Å². The summed E-state index contributed by atoms with van der Waals surface area (Å²) >= 11 is 0. The Labute approximate surface area is 159 Å². The van der Waals surface area contributed by atoms with E-state index in [4.69, 9.17) is 5.11 Å². The van der Waals surface area contributed by atoms with Gasteiger partial charge in [0.2, 0.25) is 0 Å². The second kappa shape index (κ2) is 14.0. The van der Waals surface area contributed by atoms with Gasteiger partial charge in [0.15, 0.2) is 5.78 Å². The van der Waals surface area contributed by atoms with E-state index in [0.29, 0.717) is 12.8 Å². The lowest BCUT2D eigenvalue weighted by Gasteiger charge is -2.23. The van der Waals surface area contributed by atoms with E-state index >= 15 is 0 Å². The molecule has 4 heteroatoms. The first-order valence-electron chi connectivity index (χ1n) is 10.7. The molecule has 1 aliphatic carbocycles. The third-order valence-corrected chi connectivity index (χ3v) is 5.49. The van der Waals surface area contributed by atoms with Crippen LogP contribution in [0.3, 0.4) is 0 Å². The number of aliphatic carboxylic acids is 1. The Morgan fingerprint density at radius 2 is 1.62 bits per heavy atom. The minimum absolute atomic E-state index is 0.0626. The minimum atomic E-state index is -0.772. The molecule has 0 aromatic carbocycles. The number of rotatable bonds is 16. The summed E-state index contributed by atoms with van der Waals surface area (Å²) in [5, 5.41) is 19.1. The molecule has 0 amide bonds. The fourth-order valence-electron chi connectivity index (χ4n) is 3.91. The van der Waals surface area contributed by atoms with Crippen LogP contribution < -0.4 is 0 Å². The van der Waals surface area contributed by atoms with Crippen molar-refractivity contribution in [1.82, 2.24) is 0 Å². The molecule has 0 aromatic heterocycles. The number of allylic oxidation sites excluding steroid dienone is 2. The van der Waals surface area contributed by atoms with Gasteiger partial charge in [-0.15, -0.1) is 0 Å². The predicted octanol–water partition coefficient (Wildman–Crippen LogP) is 5.28. The Hall–Kier alpha value is -1.16. The van der Waals surface area contributed by atoms with Gasteiger partial charge in [0, 0.05) is 6.42 Å². The number of hydrogen-bond donors (Lipinski definition) is 2. The van der Waals surface area contributed by atoms with Crippen LogP contribution in [0.5, 0.6) is 0 Å². The van der Waals surface area contributed by atoms with E-state index in [1.165, 1.54) is 44.9 Å². The van der Waals surface area contributed by atoms with Crippen LogP contribution in [0, 0.1) is 11.8 Å². The van der Waals surface area contributed by atoms with Crippen molar-refractivity contribution in [1.29, 1.82) is 0 Å². The maximum absolute atomic E-state index is 12.1. The standard InChI is InChI=1S/C22H38O4/c1-2-3-4-5-6-7-8-10-13-18-16-17-20(24)22(18)19(23)14-11-9-12-15-21(25)26/h16-19,22-23H,2-15H2,1H3,(H,25,26). The predicted molar refractivity (Wildman–Crippen MR) is 105 cm³/mol. The molecule has 2 N–H and O–H groups in total. The maximum Gasteiger partial charge on any atom is 0.303 e. The van der Waals surface area contributed by atoms with Gasteiger partial charge >= 0.3 is 5.97 Å². The molecule has 0 saturated carbocycles. The van der Waals surface area contributed by atoms with Crippen molar-refractivity contribution < 1.29 is 19.8 Å². The van der Waals surface area contributed by atoms with E-state index in [1.54, 1.807) is 6.08 Å². The molecule has 0 spiro atoms. The van der Waals surface area contributed by atoms with Gasteiger partial charge in [0.25, 0.3) is 0 Å². The number of hydrogen-bond acceptors (Lipinski definition) is 3. The SMILES string of the molecule is CCCCCCCCCCC1C=CC(=O)C1C(O)CCCCCC(=O)O. The molecule has 0 heterocycles. The van der Waals surface area contributed by atoms with Crippen molar-refractivity contribution >= 4 is 11.8 Å². The summed E-state index contributed by atoms with van der Waals surface area (Å²) in [5.41, 5.74) is 0. The third-order valence-electron chi connectivity index (χ3n) is 5.49. The molecule has 0 aromatic rings. The quantitative estimate of drug-likeness (QED) is 0.364. The van der Waals surface area contributed by atoms with Gasteiger partial charge in [-0.1, -0.05) is 77.2 Å². The zero-order valence-corrected chi connectivity index (χ0v) is 16.5. The van der Waals surface area contributed by atoms with Crippen LogP contribution in [0.2, 0.25) is 0 Å². The number of carbonyl (C=O) groups excluding carboxylic acids is 1. The summed E-state index contributed by atoms with van der Waals surface area (Å²) in [7, 11) is 0. The van der Waals surface area contributed by atoms with E-state index in [2.05, 4.69) is 6.92 Å². The van der Waals surface area contributed by atoms with E-state index in [1.807, 2.05) is 6.08 Å². The number of aliphatic hydroxyl groups is 1. The topological polar surface area (TPSA) is 74.6 Å². The summed E-state index contributed by atoms with van der Waals surface area (Å²) < 4.78 is 0. The van der Waals surface area contributed by atoms with Gasteiger partial charge < -0.3 is 10.2 Å².